The van der Waals surface area contributed by atoms with E-state index in [9.17, 15) is 10.2 Å². The van der Waals surface area contributed by atoms with Crippen LogP contribution in [0.1, 0.15) is 57.5 Å². The van der Waals surface area contributed by atoms with E-state index in [0.29, 0.717) is 5.92 Å². The standard InChI is InChI=1S/C21H27NO2/c1-13(2)9-10-22-20-7-5-16(14(3)23)11-18(20)19-12-17(15(4)24)6-8-21(19)22/h5-8,11-15,23-24H,9-10H2,1-4H3/t14-,15+. The third kappa shape index (κ3) is 3.06. The fourth-order valence-corrected chi connectivity index (χ4v) is 3.29. The summed E-state index contributed by atoms with van der Waals surface area (Å²) >= 11 is 0. The first kappa shape index (κ1) is 17.0. The number of aliphatic hydroxyl groups is 2. The van der Waals surface area contributed by atoms with Crippen molar-refractivity contribution >= 4 is 21.8 Å². The Labute approximate surface area is 143 Å². The van der Waals surface area contributed by atoms with E-state index in [-0.39, 0.29) is 0 Å². The van der Waals surface area contributed by atoms with Crippen LogP contribution >= 0.6 is 0 Å². The van der Waals surface area contributed by atoms with E-state index in [1.54, 1.807) is 13.8 Å². The summed E-state index contributed by atoms with van der Waals surface area (Å²) in [6.45, 7) is 9.04. The molecule has 1 aromatic heterocycles. The molecule has 0 saturated heterocycles. The second-order valence-electron chi connectivity index (χ2n) is 7.24. The van der Waals surface area contributed by atoms with Gasteiger partial charge in [0.25, 0.3) is 0 Å². The highest BCUT2D eigenvalue weighted by atomic mass is 16.3. The van der Waals surface area contributed by atoms with Crippen molar-refractivity contribution in [1.29, 1.82) is 0 Å². The van der Waals surface area contributed by atoms with Gasteiger partial charge in [0.2, 0.25) is 0 Å². The topological polar surface area (TPSA) is 45.4 Å². The zero-order chi connectivity index (χ0) is 17.4. The highest BCUT2D eigenvalue weighted by Gasteiger charge is 2.14. The molecule has 3 rings (SSSR count). The average Bonchev–Trinajstić information content (AvgIpc) is 2.85. The van der Waals surface area contributed by atoms with Gasteiger partial charge in [-0.2, -0.15) is 0 Å². The fraction of sp³-hybridized carbons (Fsp3) is 0.429. The zero-order valence-corrected chi connectivity index (χ0v) is 15.0. The van der Waals surface area contributed by atoms with Gasteiger partial charge in [-0.15, -0.1) is 0 Å². The molecule has 3 aromatic rings. The lowest BCUT2D eigenvalue weighted by molar-refractivity contribution is 0.199. The quantitative estimate of drug-likeness (QED) is 0.697. The van der Waals surface area contributed by atoms with E-state index in [4.69, 9.17) is 0 Å². The highest BCUT2D eigenvalue weighted by Crippen LogP contribution is 2.33. The minimum atomic E-state index is -0.483. The number of aryl methyl sites for hydroxylation is 1. The van der Waals surface area contributed by atoms with Crippen molar-refractivity contribution in [3.8, 4) is 0 Å². The SMILES string of the molecule is CC(C)CCn1c2ccc([C@H](C)O)cc2c2cc([C@@H](C)O)ccc21. The number of hydrogen-bond acceptors (Lipinski definition) is 2. The van der Waals surface area contributed by atoms with Crippen molar-refractivity contribution < 1.29 is 10.2 Å². The summed E-state index contributed by atoms with van der Waals surface area (Å²) in [5.41, 5.74) is 4.23. The lowest BCUT2D eigenvalue weighted by Gasteiger charge is -2.10. The summed E-state index contributed by atoms with van der Waals surface area (Å²) in [4.78, 5) is 0. The van der Waals surface area contributed by atoms with Crippen molar-refractivity contribution in [3.05, 3.63) is 47.5 Å². The van der Waals surface area contributed by atoms with Crippen LogP contribution in [0.3, 0.4) is 0 Å². The maximum absolute atomic E-state index is 9.93. The predicted octanol–water partition coefficient (Wildman–Crippen LogP) is 4.95. The molecule has 128 valence electrons. The van der Waals surface area contributed by atoms with Crippen molar-refractivity contribution in [2.45, 2.75) is 52.9 Å². The molecule has 3 heteroatoms. The number of aromatic nitrogens is 1. The molecular weight excluding hydrogens is 298 g/mol. The van der Waals surface area contributed by atoms with Gasteiger partial charge < -0.3 is 14.8 Å². The van der Waals surface area contributed by atoms with E-state index in [1.165, 1.54) is 11.0 Å². The second-order valence-corrected chi connectivity index (χ2v) is 7.24. The van der Waals surface area contributed by atoms with Crippen LogP contribution in [0, 0.1) is 5.92 Å². The molecule has 0 fully saturated rings. The van der Waals surface area contributed by atoms with Crippen LogP contribution in [0.15, 0.2) is 36.4 Å². The summed E-state index contributed by atoms with van der Waals surface area (Å²) in [6.07, 6.45) is 0.154. The summed E-state index contributed by atoms with van der Waals surface area (Å²) in [5.74, 6) is 0.644. The van der Waals surface area contributed by atoms with Gasteiger partial charge in [-0.1, -0.05) is 26.0 Å². The van der Waals surface area contributed by atoms with Crippen LogP contribution < -0.4 is 0 Å². The number of nitrogens with zero attached hydrogens (tertiary/aromatic N) is 1. The molecule has 0 aliphatic heterocycles. The molecule has 24 heavy (non-hydrogen) atoms. The van der Waals surface area contributed by atoms with Crippen molar-refractivity contribution in [3.63, 3.8) is 0 Å². The summed E-state index contributed by atoms with van der Waals surface area (Å²) in [7, 11) is 0. The minimum absolute atomic E-state index is 0.483. The molecule has 0 aliphatic carbocycles. The first-order valence-electron chi connectivity index (χ1n) is 8.80. The van der Waals surface area contributed by atoms with Gasteiger partial charge in [-0.3, -0.25) is 0 Å². The number of fused-ring (bicyclic) bond motifs is 3. The van der Waals surface area contributed by atoms with Crippen molar-refractivity contribution in [2.75, 3.05) is 0 Å². The molecule has 2 atom stereocenters. The predicted molar refractivity (Wildman–Crippen MR) is 100 cm³/mol. The minimum Gasteiger partial charge on any atom is -0.389 e. The molecule has 0 saturated carbocycles. The Bertz CT molecular complexity index is 794. The largest absolute Gasteiger partial charge is 0.389 e. The Balaban J connectivity index is 2.27. The molecule has 0 aliphatic rings. The maximum Gasteiger partial charge on any atom is 0.0762 e. The summed E-state index contributed by atoms with van der Waals surface area (Å²) in [6, 6.07) is 12.4. The van der Waals surface area contributed by atoms with E-state index in [1.807, 2.05) is 12.1 Å². The van der Waals surface area contributed by atoms with Crippen molar-refractivity contribution in [1.82, 2.24) is 4.57 Å². The Kier molecular flexibility index (Phi) is 4.66. The number of hydrogen-bond donors (Lipinski definition) is 2. The van der Waals surface area contributed by atoms with Crippen LogP contribution in [0.5, 0.6) is 0 Å². The lowest BCUT2D eigenvalue weighted by atomic mass is 10.0. The van der Waals surface area contributed by atoms with Gasteiger partial charge in [0.05, 0.1) is 12.2 Å². The molecule has 3 nitrogen and oxygen atoms in total. The summed E-state index contributed by atoms with van der Waals surface area (Å²) in [5, 5.41) is 22.2. The molecule has 0 bridgehead atoms. The van der Waals surface area contributed by atoms with Crippen LogP contribution in [0.2, 0.25) is 0 Å². The van der Waals surface area contributed by atoms with Crippen LogP contribution in [-0.2, 0) is 6.54 Å². The van der Waals surface area contributed by atoms with Crippen LogP contribution in [0.25, 0.3) is 21.8 Å². The Morgan fingerprint density at radius 2 is 1.25 bits per heavy atom. The smallest absolute Gasteiger partial charge is 0.0762 e. The van der Waals surface area contributed by atoms with Gasteiger partial charge in [0.15, 0.2) is 0 Å². The van der Waals surface area contributed by atoms with E-state index in [2.05, 4.69) is 42.7 Å². The van der Waals surface area contributed by atoms with Crippen LogP contribution in [-0.4, -0.2) is 14.8 Å². The molecule has 0 spiro atoms. The molecule has 1 heterocycles. The Morgan fingerprint density at radius 3 is 1.62 bits per heavy atom. The molecule has 0 amide bonds. The van der Waals surface area contributed by atoms with Gasteiger partial charge in [0.1, 0.15) is 0 Å². The lowest BCUT2D eigenvalue weighted by Crippen LogP contribution is -2.01. The Morgan fingerprint density at radius 1 is 0.792 bits per heavy atom. The Hall–Kier alpha value is -1.84. The van der Waals surface area contributed by atoms with Gasteiger partial charge in [-0.25, -0.2) is 0 Å². The first-order valence-corrected chi connectivity index (χ1v) is 8.80. The maximum atomic E-state index is 9.93. The van der Waals surface area contributed by atoms with Gasteiger partial charge >= 0.3 is 0 Å². The zero-order valence-electron chi connectivity index (χ0n) is 15.0. The van der Waals surface area contributed by atoms with Gasteiger partial charge in [0, 0.05) is 28.4 Å². The third-order valence-electron chi connectivity index (χ3n) is 4.81. The molecule has 0 unspecified atom stereocenters. The average molecular weight is 325 g/mol. The molecule has 2 N–H and O–H groups in total. The third-order valence-corrected chi connectivity index (χ3v) is 4.81. The molecule has 2 aromatic carbocycles. The highest BCUT2D eigenvalue weighted by molar-refractivity contribution is 6.08. The van der Waals surface area contributed by atoms with Crippen molar-refractivity contribution in [2.24, 2.45) is 5.92 Å². The number of benzene rings is 2. The van der Waals surface area contributed by atoms with E-state index in [0.717, 1.165) is 34.9 Å². The fourth-order valence-electron chi connectivity index (χ4n) is 3.29. The monoisotopic (exact) mass is 325 g/mol. The van der Waals surface area contributed by atoms with Crippen LogP contribution in [0.4, 0.5) is 0 Å². The second kappa shape index (κ2) is 6.58. The molecular formula is C21H27NO2. The summed E-state index contributed by atoms with van der Waals surface area (Å²) < 4.78 is 2.36. The van der Waals surface area contributed by atoms with Gasteiger partial charge in [-0.05, 0) is 61.6 Å². The normalized spacial score (nSPS) is 14.6. The molecule has 0 radical (unpaired) electrons. The number of aliphatic hydroxyl groups excluding tert-OH is 2. The first-order chi connectivity index (χ1) is 11.4. The van der Waals surface area contributed by atoms with E-state index < -0.39 is 12.2 Å². The number of rotatable bonds is 5. The van der Waals surface area contributed by atoms with E-state index >= 15 is 0 Å².